The maximum atomic E-state index is 12.2. The van der Waals surface area contributed by atoms with Crippen LogP contribution in [0.4, 0.5) is 0 Å². The van der Waals surface area contributed by atoms with Gasteiger partial charge in [0.2, 0.25) is 17.8 Å². The molecule has 0 bridgehead atoms. The van der Waals surface area contributed by atoms with E-state index in [2.05, 4.69) is 0 Å². The summed E-state index contributed by atoms with van der Waals surface area (Å²) in [5.41, 5.74) is -1.84. The molecule has 0 aromatic heterocycles. The Morgan fingerprint density at radius 3 is 2.03 bits per heavy atom. The first-order valence-electron chi connectivity index (χ1n) is 10.1. The van der Waals surface area contributed by atoms with E-state index in [9.17, 15) is 32.1 Å². The predicted octanol–water partition coefficient (Wildman–Crippen LogP) is 1.33. The highest BCUT2D eigenvalue weighted by Crippen LogP contribution is 2.41. The Morgan fingerprint density at radius 1 is 0.914 bits per heavy atom. The minimum Gasteiger partial charge on any atom is -0.460 e. The largest absolute Gasteiger partial charge is 0.460 e. The molecule has 35 heavy (non-hydrogen) atoms. The van der Waals surface area contributed by atoms with Gasteiger partial charge in [0.1, 0.15) is 0 Å². The third-order valence-electron chi connectivity index (χ3n) is 4.82. The first-order valence-corrected chi connectivity index (χ1v) is 11.6. The van der Waals surface area contributed by atoms with E-state index in [0.717, 1.165) is 20.8 Å². The molecule has 1 saturated heterocycles. The Hall–Kier alpha value is -3.49. The van der Waals surface area contributed by atoms with Gasteiger partial charge in [-0.05, 0) is 25.1 Å². The molecular formula is C21H22O13S. The zero-order chi connectivity index (χ0) is 26.1. The Kier molecular flexibility index (Phi) is 7.47. The molecule has 0 amide bonds. The van der Waals surface area contributed by atoms with Crippen LogP contribution in [0.3, 0.4) is 0 Å². The van der Waals surface area contributed by atoms with Crippen LogP contribution in [0, 0.1) is 0 Å². The third kappa shape index (κ3) is 5.78. The quantitative estimate of drug-likeness (QED) is 0.242. The van der Waals surface area contributed by atoms with Gasteiger partial charge in [-0.25, -0.2) is 0 Å². The molecule has 13 nitrogen and oxygen atoms in total. The lowest BCUT2D eigenvalue weighted by Crippen LogP contribution is -2.64. The highest BCUT2D eigenvalue weighted by atomic mass is 32.2. The highest BCUT2D eigenvalue weighted by molar-refractivity contribution is 7.86. The van der Waals surface area contributed by atoms with Crippen LogP contribution in [-0.2, 0) is 43.4 Å². The summed E-state index contributed by atoms with van der Waals surface area (Å²) in [4.78, 5) is 47.6. The summed E-state index contributed by atoms with van der Waals surface area (Å²) in [5.74, 6) is -3.44. The second kappa shape index (κ2) is 10.0. The summed E-state index contributed by atoms with van der Waals surface area (Å²) < 4.78 is 66.0. The molecule has 1 unspecified atom stereocenters. The second-order valence-corrected chi connectivity index (χ2v) is 9.06. The van der Waals surface area contributed by atoms with Gasteiger partial charge in [0, 0.05) is 26.3 Å². The van der Waals surface area contributed by atoms with E-state index in [1.165, 1.54) is 19.3 Å². The lowest BCUT2D eigenvalue weighted by atomic mass is 10.0. The van der Waals surface area contributed by atoms with Crippen molar-refractivity contribution in [1.82, 2.24) is 0 Å². The maximum Gasteiger partial charge on any atom is 0.303 e. The lowest BCUT2D eigenvalue weighted by molar-refractivity contribution is -0.269. The molecule has 1 aliphatic carbocycles. The molecule has 5 atom stereocenters. The molecule has 0 spiro atoms. The Morgan fingerprint density at radius 2 is 1.49 bits per heavy atom. The van der Waals surface area contributed by atoms with E-state index in [-0.39, 0.29) is 17.1 Å². The molecule has 0 aromatic rings. The standard InChI is InChI=1S/C21H22O13S/c1-9(22)14-8-13-6-5-7-29-15(13)16(14)33-20-18(31-11(3)24)17(30-10(2)23)19(32-12(4)25)21(34-20)35(26,27)28/h5-8,17-21H,1-4H3,(H,26,27,28)/t17-,18-,19+,20-,21?/m0/s1. The number of ketones is 1. The minimum absolute atomic E-state index is 0.0228. The van der Waals surface area contributed by atoms with E-state index >= 15 is 0 Å². The highest BCUT2D eigenvalue weighted by Gasteiger charge is 2.57. The van der Waals surface area contributed by atoms with Crippen molar-refractivity contribution in [1.29, 1.82) is 0 Å². The number of fused-ring (bicyclic) bond motifs is 1. The van der Waals surface area contributed by atoms with Crippen molar-refractivity contribution in [2.24, 2.45) is 0 Å². The molecule has 2 heterocycles. The number of hydrogen-bond donors (Lipinski definition) is 1. The first kappa shape index (κ1) is 26.1. The average Bonchev–Trinajstić information content (AvgIpc) is 3.09. The summed E-state index contributed by atoms with van der Waals surface area (Å²) in [7, 11) is -5.12. The zero-order valence-corrected chi connectivity index (χ0v) is 19.8. The van der Waals surface area contributed by atoms with Gasteiger partial charge in [0.15, 0.2) is 29.5 Å². The molecule has 3 rings (SSSR count). The lowest BCUT2D eigenvalue weighted by Gasteiger charge is -2.42. The molecule has 1 N–H and O–H groups in total. The van der Waals surface area contributed by atoms with E-state index in [4.69, 9.17) is 28.1 Å². The fourth-order valence-electron chi connectivity index (χ4n) is 3.60. The smallest absolute Gasteiger partial charge is 0.303 e. The normalized spacial score (nSPS) is 24.4. The average molecular weight is 514 g/mol. The van der Waals surface area contributed by atoms with Gasteiger partial charge >= 0.3 is 17.9 Å². The van der Waals surface area contributed by atoms with E-state index < -0.39 is 63.8 Å². The van der Waals surface area contributed by atoms with Crippen molar-refractivity contribution in [2.75, 3.05) is 0 Å². The van der Waals surface area contributed by atoms with E-state index in [0.29, 0.717) is 5.56 Å². The number of ether oxygens (including phenoxy) is 5. The number of hydrogen-bond acceptors (Lipinski definition) is 12. The summed E-state index contributed by atoms with van der Waals surface area (Å²) in [6.45, 7) is 4.16. The summed E-state index contributed by atoms with van der Waals surface area (Å²) in [6.07, 6.45) is -6.01. The van der Waals surface area contributed by atoms with Crippen LogP contribution in [0.1, 0.15) is 38.1 Å². The van der Waals surface area contributed by atoms with Gasteiger partial charge in [0.25, 0.3) is 10.1 Å². The van der Waals surface area contributed by atoms with Crippen molar-refractivity contribution in [2.45, 2.75) is 57.7 Å². The van der Waals surface area contributed by atoms with Crippen molar-refractivity contribution in [3.05, 3.63) is 30.0 Å². The van der Waals surface area contributed by atoms with Crippen LogP contribution in [0.5, 0.6) is 5.75 Å². The fraction of sp³-hybridized carbons (Fsp3) is 0.429. The van der Waals surface area contributed by atoms with Crippen LogP contribution in [0.15, 0.2) is 28.9 Å². The van der Waals surface area contributed by atoms with E-state index in [1.807, 2.05) is 0 Å². The van der Waals surface area contributed by atoms with Crippen molar-refractivity contribution < 1.29 is 60.3 Å². The molecule has 3 aliphatic rings. The van der Waals surface area contributed by atoms with Gasteiger partial charge in [-0.15, -0.1) is 0 Å². The van der Waals surface area contributed by atoms with Gasteiger partial charge in [-0.2, -0.15) is 8.42 Å². The Balaban J connectivity index is 2.15. The van der Waals surface area contributed by atoms with Gasteiger partial charge in [-0.1, -0.05) is 0 Å². The summed E-state index contributed by atoms with van der Waals surface area (Å²) >= 11 is 0. The fourth-order valence-corrected chi connectivity index (χ4v) is 4.40. The molecule has 14 heteroatoms. The number of rotatable bonds is 7. The molecule has 2 aliphatic heterocycles. The molecule has 1 fully saturated rings. The second-order valence-electron chi connectivity index (χ2n) is 7.57. The zero-order valence-electron chi connectivity index (χ0n) is 19.0. The molecule has 0 saturated carbocycles. The van der Waals surface area contributed by atoms with E-state index in [1.54, 1.807) is 12.1 Å². The summed E-state index contributed by atoms with van der Waals surface area (Å²) in [6, 6.07) is 4.62. The third-order valence-corrected chi connectivity index (χ3v) is 5.78. The van der Waals surface area contributed by atoms with Crippen molar-refractivity contribution in [3.63, 3.8) is 0 Å². The van der Waals surface area contributed by atoms with Crippen LogP contribution in [0.2, 0.25) is 0 Å². The monoisotopic (exact) mass is 514 g/mol. The topological polar surface area (TPSA) is 182 Å². The molecule has 190 valence electrons. The van der Waals surface area contributed by atoms with Crippen LogP contribution in [-0.4, -0.2) is 66.7 Å². The number of carbonyl (C=O) groups is 4. The number of Topliss-reactive ketones (excluding diaryl/α,β-unsaturated/α-hetero) is 1. The minimum atomic E-state index is -5.12. The van der Waals surface area contributed by atoms with Crippen molar-refractivity contribution >= 4 is 33.8 Å². The number of esters is 3. The van der Waals surface area contributed by atoms with Gasteiger partial charge in [-0.3, -0.25) is 23.7 Å². The van der Waals surface area contributed by atoms with Crippen LogP contribution in [0.25, 0.3) is 11.3 Å². The van der Waals surface area contributed by atoms with Gasteiger partial charge < -0.3 is 28.1 Å². The molecule has 0 aromatic carbocycles. The Bertz CT molecular complexity index is 1210. The summed E-state index contributed by atoms with van der Waals surface area (Å²) in [5, 5.41) is 0. The van der Waals surface area contributed by atoms with Crippen LogP contribution < -0.4 is 4.74 Å². The molecule has 0 radical (unpaired) electrons. The predicted molar refractivity (Wildman–Crippen MR) is 113 cm³/mol. The van der Waals surface area contributed by atoms with Crippen molar-refractivity contribution in [3.8, 4) is 17.1 Å². The SMILES string of the molecule is CC(=O)O[C@@H]1[C@@H](Oc2c(C(C)=O)cc3cccoc2-3)OC(S(=O)(=O)O)[C@H](OC(C)=O)[C@H]1OC(C)=O. The Labute approximate surface area is 199 Å². The number of carbonyl (C=O) groups excluding carboxylic acids is 4. The maximum absolute atomic E-state index is 12.2. The first-order chi connectivity index (χ1) is 16.3. The van der Waals surface area contributed by atoms with Gasteiger partial charge in [0.05, 0.1) is 11.8 Å². The van der Waals surface area contributed by atoms with Crippen LogP contribution >= 0.6 is 0 Å². The molecular weight excluding hydrogens is 492 g/mol.